The molecule has 0 spiro atoms. The lowest BCUT2D eigenvalue weighted by Crippen LogP contribution is -2.37. The molecule has 8 nitrogen and oxygen atoms in total. The molecule has 0 bridgehead atoms. The van der Waals surface area contributed by atoms with Crippen molar-refractivity contribution in [2.45, 2.75) is 12.8 Å². The van der Waals surface area contributed by atoms with E-state index in [9.17, 15) is 9.13 Å². The maximum Gasteiger partial charge on any atom is 0.515 e. The van der Waals surface area contributed by atoms with Crippen molar-refractivity contribution < 1.29 is 27.2 Å². The summed E-state index contributed by atoms with van der Waals surface area (Å²) >= 11 is 0. The molecule has 4 aromatic carbocycles. The van der Waals surface area contributed by atoms with Crippen LogP contribution in [0.1, 0.15) is 12.8 Å². The Morgan fingerprint density at radius 3 is 1.30 bits per heavy atom. The smallest absolute Gasteiger partial charge is 0.405 e. The van der Waals surface area contributed by atoms with Gasteiger partial charge in [-0.3, -0.25) is 0 Å². The molecule has 0 atom stereocenters. The fourth-order valence-corrected chi connectivity index (χ4v) is 7.51. The molecule has 1 heterocycles. The Morgan fingerprint density at radius 2 is 0.925 bits per heavy atom. The van der Waals surface area contributed by atoms with E-state index in [0.717, 1.165) is 0 Å². The predicted octanol–water partition coefficient (Wildman–Crippen LogP) is 7.82. The minimum Gasteiger partial charge on any atom is -0.405 e. The number of nitrogens with one attached hydrogen (secondary N) is 1. The molecule has 40 heavy (non-hydrogen) atoms. The first-order valence-corrected chi connectivity index (χ1v) is 16.2. The molecular formula is C30H32N2O6P2. The zero-order valence-electron chi connectivity index (χ0n) is 22.0. The molecule has 1 aliphatic heterocycles. The first-order valence-electron chi connectivity index (χ1n) is 13.2. The topological polar surface area (TPSA) is 86.3 Å². The van der Waals surface area contributed by atoms with Crippen molar-refractivity contribution >= 4 is 15.5 Å². The van der Waals surface area contributed by atoms with Gasteiger partial charge in [-0.2, -0.15) is 4.67 Å². The lowest BCUT2D eigenvalue weighted by Gasteiger charge is -2.35. The van der Waals surface area contributed by atoms with E-state index in [2.05, 4.69) is 5.09 Å². The second-order valence-corrected chi connectivity index (χ2v) is 12.9. The van der Waals surface area contributed by atoms with Crippen molar-refractivity contribution in [1.29, 1.82) is 0 Å². The van der Waals surface area contributed by atoms with Gasteiger partial charge in [-0.1, -0.05) is 72.8 Å². The maximum absolute atomic E-state index is 14.1. The van der Waals surface area contributed by atoms with Gasteiger partial charge in [-0.15, -0.1) is 0 Å². The van der Waals surface area contributed by atoms with Crippen LogP contribution in [0.25, 0.3) is 0 Å². The Balaban J connectivity index is 1.24. The maximum atomic E-state index is 14.1. The fraction of sp³-hybridized carbons (Fsp3) is 0.200. The lowest BCUT2D eigenvalue weighted by molar-refractivity contribution is 0.219. The van der Waals surface area contributed by atoms with Crippen LogP contribution in [0.5, 0.6) is 23.0 Å². The highest BCUT2D eigenvalue weighted by Gasteiger charge is 2.40. The van der Waals surface area contributed by atoms with Gasteiger partial charge in [0.2, 0.25) is 0 Å². The Hall–Kier alpha value is -3.54. The fourth-order valence-electron chi connectivity index (χ4n) is 4.30. The third-order valence-corrected chi connectivity index (χ3v) is 9.82. The van der Waals surface area contributed by atoms with Gasteiger partial charge >= 0.3 is 15.5 Å². The van der Waals surface area contributed by atoms with Gasteiger partial charge < -0.3 is 18.1 Å². The molecule has 0 aromatic heterocycles. The molecule has 0 aliphatic carbocycles. The standard InChI is InChI=1S/C30H32N2O6P2/c33-39(35-27-13-5-1-6-14-27,36-28-15-7-2-8-16-28)31-25-26-21-23-32(24-22-26)40(34,37-29-17-9-3-10-18-29)38-30-19-11-4-12-20-30/h1-20,26H,21-25H2,(H,31,33). The molecule has 1 N–H and O–H groups in total. The minimum absolute atomic E-state index is 0.144. The third-order valence-electron chi connectivity index (χ3n) is 6.38. The van der Waals surface area contributed by atoms with Crippen LogP contribution in [-0.4, -0.2) is 24.3 Å². The average molecular weight is 579 g/mol. The second-order valence-electron chi connectivity index (χ2n) is 9.34. The molecule has 1 fully saturated rings. The van der Waals surface area contributed by atoms with E-state index < -0.39 is 15.5 Å². The van der Waals surface area contributed by atoms with Gasteiger partial charge in [-0.25, -0.2) is 14.2 Å². The number of hydrogen-bond acceptors (Lipinski definition) is 6. The second kappa shape index (κ2) is 13.2. The van der Waals surface area contributed by atoms with E-state index in [0.29, 0.717) is 55.5 Å². The van der Waals surface area contributed by atoms with Crippen LogP contribution in [0.4, 0.5) is 0 Å². The van der Waals surface area contributed by atoms with E-state index in [4.69, 9.17) is 18.1 Å². The number of benzene rings is 4. The zero-order chi connectivity index (χ0) is 27.7. The minimum atomic E-state index is -3.74. The molecule has 4 aromatic rings. The van der Waals surface area contributed by atoms with Crippen LogP contribution >= 0.6 is 15.5 Å². The van der Waals surface area contributed by atoms with Crippen LogP contribution in [0.2, 0.25) is 0 Å². The monoisotopic (exact) mass is 578 g/mol. The van der Waals surface area contributed by atoms with Gasteiger partial charge in [0.05, 0.1) is 0 Å². The largest absolute Gasteiger partial charge is 0.515 e. The molecule has 5 rings (SSSR count). The van der Waals surface area contributed by atoms with Crippen LogP contribution in [0.3, 0.4) is 0 Å². The van der Waals surface area contributed by atoms with Crippen molar-refractivity contribution in [3.05, 3.63) is 121 Å². The number of nitrogens with zero attached hydrogens (tertiary/aromatic N) is 1. The van der Waals surface area contributed by atoms with E-state index in [1.807, 2.05) is 72.8 Å². The van der Waals surface area contributed by atoms with E-state index in [1.165, 1.54) is 0 Å². The summed E-state index contributed by atoms with van der Waals surface area (Å²) in [7, 11) is -7.44. The van der Waals surface area contributed by atoms with Crippen LogP contribution in [0, 0.1) is 5.92 Å². The zero-order valence-corrected chi connectivity index (χ0v) is 23.7. The summed E-state index contributed by atoms with van der Waals surface area (Å²) in [4.78, 5) is 0. The summed E-state index contributed by atoms with van der Waals surface area (Å²) in [5.74, 6) is 1.98. The molecule has 0 amide bonds. The highest BCUT2D eigenvalue weighted by Crippen LogP contribution is 2.53. The van der Waals surface area contributed by atoms with Gasteiger partial charge in [0.25, 0.3) is 0 Å². The highest BCUT2D eigenvalue weighted by molar-refractivity contribution is 7.52. The van der Waals surface area contributed by atoms with Crippen LogP contribution in [0.15, 0.2) is 121 Å². The molecule has 0 radical (unpaired) electrons. The summed E-state index contributed by atoms with van der Waals surface area (Å²) in [5.41, 5.74) is 0. The first kappa shape index (κ1) is 28.0. The summed E-state index contributed by atoms with van der Waals surface area (Å²) in [6, 6.07) is 36.0. The van der Waals surface area contributed by atoms with Gasteiger partial charge in [0.1, 0.15) is 23.0 Å². The summed E-state index contributed by atoms with van der Waals surface area (Å²) < 4.78 is 53.3. The number of para-hydroxylation sites is 4. The van der Waals surface area contributed by atoms with Crippen molar-refractivity contribution in [1.82, 2.24) is 9.76 Å². The third kappa shape index (κ3) is 7.77. The van der Waals surface area contributed by atoms with Crippen LogP contribution < -0.4 is 23.2 Å². The van der Waals surface area contributed by atoms with Gasteiger partial charge in [0.15, 0.2) is 0 Å². The van der Waals surface area contributed by atoms with Crippen molar-refractivity contribution in [2.75, 3.05) is 19.6 Å². The summed E-state index contributed by atoms with van der Waals surface area (Å²) in [5, 5.41) is 3.06. The van der Waals surface area contributed by atoms with E-state index >= 15 is 0 Å². The predicted molar refractivity (Wildman–Crippen MR) is 156 cm³/mol. The number of piperidine rings is 1. The Labute approximate surface area is 235 Å². The van der Waals surface area contributed by atoms with Gasteiger partial charge in [-0.05, 0) is 67.3 Å². The number of hydrogen-bond donors (Lipinski definition) is 1. The Morgan fingerprint density at radius 1 is 0.575 bits per heavy atom. The summed E-state index contributed by atoms with van der Waals surface area (Å²) in [6.07, 6.45) is 1.37. The molecule has 1 aliphatic rings. The molecule has 0 unspecified atom stereocenters. The van der Waals surface area contributed by atoms with Crippen molar-refractivity contribution in [2.24, 2.45) is 5.92 Å². The molecule has 0 saturated carbocycles. The lowest BCUT2D eigenvalue weighted by atomic mass is 9.99. The summed E-state index contributed by atoms with van der Waals surface area (Å²) in [6.45, 7) is 1.35. The SMILES string of the molecule is O=P(NCC1CCN(P(=O)(Oc2ccccc2)Oc2ccccc2)CC1)(Oc1ccccc1)Oc1ccccc1. The molecule has 10 heteroatoms. The first-order chi connectivity index (χ1) is 19.5. The normalized spacial score (nSPS) is 14.8. The number of rotatable bonds is 12. The Kier molecular flexibility index (Phi) is 9.25. The van der Waals surface area contributed by atoms with E-state index in [-0.39, 0.29) is 5.92 Å². The molecule has 1 saturated heterocycles. The Bertz CT molecular complexity index is 1330. The highest BCUT2D eigenvalue weighted by atomic mass is 31.2. The van der Waals surface area contributed by atoms with Crippen molar-refractivity contribution in [3.63, 3.8) is 0 Å². The van der Waals surface area contributed by atoms with Crippen LogP contribution in [-0.2, 0) is 9.13 Å². The van der Waals surface area contributed by atoms with E-state index in [1.54, 1.807) is 53.2 Å². The molecule has 208 valence electrons. The average Bonchev–Trinajstić information content (AvgIpc) is 2.98. The van der Waals surface area contributed by atoms with Gasteiger partial charge in [0, 0.05) is 19.6 Å². The van der Waals surface area contributed by atoms with Crippen molar-refractivity contribution in [3.8, 4) is 23.0 Å². The quantitative estimate of drug-likeness (QED) is 0.170. The molecular weight excluding hydrogens is 546 g/mol.